The van der Waals surface area contributed by atoms with Crippen LogP contribution in [0.3, 0.4) is 0 Å². The molecule has 9 nitrogen and oxygen atoms in total. The Bertz CT molecular complexity index is 897. The van der Waals surface area contributed by atoms with Crippen molar-refractivity contribution in [2.24, 2.45) is 0 Å². The molecule has 4 rings (SSSR count). The molecule has 26 heavy (non-hydrogen) atoms. The highest BCUT2D eigenvalue weighted by atomic mass is 35.5. The van der Waals surface area contributed by atoms with Gasteiger partial charge in [0, 0.05) is 11.3 Å². The van der Waals surface area contributed by atoms with Crippen LogP contribution >= 0.6 is 11.6 Å². The van der Waals surface area contributed by atoms with Gasteiger partial charge in [0.15, 0.2) is 12.4 Å². The third kappa shape index (κ3) is 2.95. The Hall–Kier alpha value is -2.78. The second-order valence-electron chi connectivity index (χ2n) is 6.02. The van der Waals surface area contributed by atoms with E-state index >= 15 is 0 Å². The van der Waals surface area contributed by atoms with E-state index in [4.69, 9.17) is 21.4 Å². The van der Waals surface area contributed by atoms with E-state index in [1.807, 2.05) is 0 Å². The molecule has 0 radical (unpaired) electrons. The van der Waals surface area contributed by atoms with Crippen molar-refractivity contribution in [2.45, 2.75) is 19.6 Å². The molecule has 0 saturated heterocycles. The molecule has 0 aliphatic carbocycles. The Kier molecular flexibility index (Phi) is 4.17. The maximum Gasteiger partial charge on any atom is 0.322 e. The van der Waals surface area contributed by atoms with Crippen molar-refractivity contribution in [1.82, 2.24) is 14.7 Å². The molecule has 3 amide bonds. The number of anilines is 2. The van der Waals surface area contributed by atoms with Crippen LogP contribution in [0.4, 0.5) is 16.2 Å². The standard InChI is InChI=1S/C16H16ClN5O4/c17-11-3-10(4-12-15(11)26-8-14(24)20-12)19-16(25)21-6-9-5-18-22(1-2-23)13(9)7-21/h3-5,23H,1-2,6-8H2,(H,19,25)(H,20,24). The van der Waals surface area contributed by atoms with Crippen molar-refractivity contribution in [3.05, 3.63) is 34.6 Å². The molecule has 0 bridgehead atoms. The Morgan fingerprint density at radius 2 is 2.27 bits per heavy atom. The van der Waals surface area contributed by atoms with Crippen LogP contribution < -0.4 is 15.4 Å². The number of ether oxygens (including phenoxy) is 1. The molecular weight excluding hydrogens is 362 g/mol. The SMILES string of the molecule is O=C1COc2c(Cl)cc(NC(=O)N3Cc4cnn(CCO)c4C3)cc2N1. The number of aromatic nitrogens is 2. The zero-order valence-corrected chi connectivity index (χ0v) is 14.4. The predicted molar refractivity (Wildman–Crippen MR) is 93.2 cm³/mol. The van der Waals surface area contributed by atoms with Gasteiger partial charge in [-0.05, 0) is 12.1 Å². The highest BCUT2D eigenvalue weighted by molar-refractivity contribution is 6.33. The largest absolute Gasteiger partial charge is 0.480 e. The van der Waals surface area contributed by atoms with Gasteiger partial charge < -0.3 is 25.4 Å². The third-order valence-corrected chi connectivity index (χ3v) is 4.53. The molecule has 2 aliphatic heterocycles. The summed E-state index contributed by atoms with van der Waals surface area (Å²) in [6.45, 7) is 1.13. The van der Waals surface area contributed by atoms with Crippen LogP contribution in [0.25, 0.3) is 0 Å². The van der Waals surface area contributed by atoms with Crippen molar-refractivity contribution in [3.63, 3.8) is 0 Å². The second-order valence-corrected chi connectivity index (χ2v) is 6.43. The number of urea groups is 1. The Morgan fingerprint density at radius 1 is 1.42 bits per heavy atom. The number of amides is 3. The summed E-state index contributed by atoms with van der Waals surface area (Å²) in [4.78, 5) is 25.7. The number of benzene rings is 1. The van der Waals surface area contributed by atoms with Gasteiger partial charge in [0.2, 0.25) is 0 Å². The van der Waals surface area contributed by atoms with Crippen molar-refractivity contribution in [3.8, 4) is 5.75 Å². The number of fused-ring (bicyclic) bond motifs is 2. The van der Waals surface area contributed by atoms with E-state index in [0.717, 1.165) is 11.3 Å². The lowest BCUT2D eigenvalue weighted by molar-refractivity contribution is -0.118. The van der Waals surface area contributed by atoms with Crippen LogP contribution in [0.15, 0.2) is 18.3 Å². The molecule has 2 aromatic rings. The molecule has 10 heteroatoms. The van der Waals surface area contributed by atoms with Gasteiger partial charge in [-0.25, -0.2) is 4.79 Å². The third-order valence-electron chi connectivity index (χ3n) is 4.25. The van der Waals surface area contributed by atoms with Crippen LogP contribution in [-0.4, -0.2) is 44.9 Å². The molecule has 136 valence electrons. The zero-order valence-electron chi connectivity index (χ0n) is 13.7. The number of carbonyl (C=O) groups excluding carboxylic acids is 2. The maximum atomic E-state index is 12.6. The Morgan fingerprint density at radius 3 is 3.08 bits per heavy atom. The summed E-state index contributed by atoms with van der Waals surface area (Å²) in [5.41, 5.74) is 2.75. The highest BCUT2D eigenvalue weighted by Crippen LogP contribution is 2.38. The van der Waals surface area contributed by atoms with Gasteiger partial charge in [-0.15, -0.1) is 0 Å². The Balaban J connectivity index is 1.48. The number of carbonyl (C=O) groups is 2. The number of nitrogens with one attached hydrogen (secondary N) is 2. The normalized spacial score (nSPS) is 15.2. The summed E-state index contributed by atoms with van der Waals surface area (Å²) in [5, 5.41) is 19.0. The van der Waals surface area contributed by atoms with E-state index in [-0.39, 0.29) is 25.2 Å². The van der Waals surface area contributed by atoms with Gasteiger partial charge >= 0.3 is 6.03 Å². The summed E-state index contributed by atoms with van der Waals surface area (Å²) in [7, 11) is 0. The van der Waals surface area contributed by atoms with Gasteiger partial charge in [0.05, 0.1) is 48.8 Å². The topological polar surface area (TPSA) is 109 Å². The average Bonchev–Trinajstić information content (AvgIpc) is 3.17. The first kappa shape index (κ1) is 16.7. The van der Waals surface area contributed by atoms with Crippen LogP contribution in [0, 0.1) is 0 Å². The van der Waals surface area contributed by atoms with Gasteiger partial charge in [-0.1, -0.05) is 11.6 Å². The second kappa shape index (κ2) is 6.50. The van der Waals surface area contributed by atoms with E-state index in [1.165, 1.54) is 0 Å². The minimum absolute atomic E-state index is 0.0122. The Labute approximate surface area is 153 Å². The number of nitrogens with zero attached hydrogens (tertiary/aromatic N) is 3. The highest BCUT2D eigenvalue weighted by Gasteiger charge is 2.28. The number of rotatable bonds is 3. The fourth-order valence-corrected chi connectivity index (χ4v) is 3.34. The van der Waals surface area contributed by atoms with Crippen LogP contribution in [0.5, 0.6) is 5.75 Å². The summed E-state index contributed by atoms with van der Waals surface area (Å²) in [5.74, 6) is 0.113. The molecule has 0 unspecified atom stereocenters. The van der Waals surface area contributed by atoms with E-state index in [2.05, 4.69) is 15.7 Å². The monoisotopic (exact) mass is 377 g/mol. The average molecular weight is 378 g/mol. The first-order chi connectivity index (χ1) is 12.5. The van der Waals surface area contributed by atoms with E-state index in [0.29, 0.717) is 41.8 Å². The molecule has 3 heterocycles. The van der Waals surface area contributed by atoms with Gasteiger partial charge in [0.25, 0.3) is 5.91 Å². The lowest BCUT2D eigenvalue weighted by Gasteiger charge is -2.21. The lowest BCUT2D eigenvalue weighted by atomic mass is 10.2. The lowest BCUT2D eigenvalue weighted by Crippen LogP contribution is -2.31. The molecule has 0 saturated carbocycles. The number of aliphatic hydroxyl groups is 1. The molecule has 0 spiro atoms. The van der Waals surface area contributed by atoms with Gasteiger partial charge in [-0.2, -0.15) is 5.10 Å². The van der Waals surface area contributed by atoms with Crippen molar-refractivity contribution in [1.29, 1.82) is 0 Å². The summed E-state index contributed by atoms with van der Waals surface area (Å²) in [6.07, 6.45) is 1.71. The predicted octanol–water partition coefficient (Wildman–Crippen LogP) is 1.41. The van der Waals surface area contributed by atoms with Crippen molar-refractivity contribution in [2.75, 3.05) is 23.8 Å². The molecule has 3 N–H and O–H groups in total. The molecule has 1 aromatic heterocycles. The van der Waals surface area contributed by atoms with E-state index in [9.17, 15) is 9.59 Å². The number of hydrogen-bond acceptors (Lipinski definition) is 5. The zero-order chi connectivity index (χ0) is 18.3. The van der Waals surface area contributed by atoms with Crippen molar-refractivity contribution >= 4 is 34.9 Å². The minimum atomic E-state index is -0.296. The summed E-state index contributed by atoms with van der Waals surface area (Å²) < 4.78 is 7.00. The van der Waals surface area contributed by atoms with Gasteiger partial charge in [-0.3, -0.25) is 9.48 Å². The first-order valence-electron chi connectivity index (χ1n) is 8.01. The maximum absolute atomic E-state index is 12.6. The smallest absolute Gasteiger partial charge is 0.322 e. The van der Waals surface area contributed by atoms with Crippen LogP contribution in [0.1, 0.15) is 11.3 Å². The molecule has 1 aromatic carbocycles. The van der Waals surface area contributed by atoms with Crippen LogP contribution in [-0.2, 0) is 24.4 Å². The van der Waals surface area contributed by atoms with E-state index in [1.54, 1.807) is 27.9 Å². The fraction of sp³-hybridized carbons (Fsp3) is 0.312. The fourth-order valence-electron chi connectivity index (χ4n) is 3.07. The van der Waals surface area contributed by atoms with Crippen molar-refractivity contribution < 1.29 is 19.4 Å². The quantitative estimate of drug-likeness (QED) is 0.749. The van der Waals surface area contributed by atoms with E-state index < -0.39 is 0 Å². The number of hydrogen-bond donors (Lipinski definition) is 3. The first-order valence-corrected chi connectivity index (χ1v) is 8.39. The number of aliphatic hydroxyl groups excluding tert-OH is 1. The molecule has 0 atom stereocenters. The van der Waals surface area contributed by atoms with Crippen LogP contribution in [0.2, 0.25) is 5.02 Å². The molecule has 2 aliphatic rings. The van der Waals surface area contributed by atoms with Gasteiger partial charge in [0.1, 0.15) is 0 Å². The minimum Gasteiger partial charge on any atom is -0.480 e. The number of halogens is 1. The molecular formula is C16H16ClN5O4. The summed E-state index contributed by atoms with van der Waals surface area (Å²) in [6, 6.07) is 2.88. The summed E-state index contributed by atoms with van der Waals surface area (Å²) >= 11 is 6.17. The molecule has 0 fully saturated rings.